The van der Waals surface area contributed by atoms with Gasteiger partial charge in [-0.3, -0.25) is 28.5 Å². The van der Waals surface area contributed by atoms with Crippen molar-refractivity contribution in [1.82, 2.24) is 0 Å². The number of ether oxygens (including phenoxy) is 2. The fourth-order valence-electron chi connectivity index (χ4n) is 9.38. The van der Waals surface area contributed by atoms with Crippen molar-refractivity contribution in [1.29, 1.82) is 0 Å². The SMILES string of the molecule is C[C@H](CCC(=O)OCCCC(=O)OC(CS(=O)(=O)O)(C(F)(F)F)C(F)(F)F)[C@H]1CC[C@H]2[C@@H]3C(=O)C[C@@H]4CC(=O)CC[C@]4(C)[C@H]3CC(=O)[C@]12C. The molecule has 4 fully saturated rings. The van der Waals surface area contributed by atoms with Gasteiger partial charge in [-0.15, -0.1) is 0 Å². The van der Waals surface area contributed by atoms with E-state index in [0.29, 0.717) is 44.9 Å². The average molecular weight is 733 g/mol. The lowest BCUT2D eigenvalue weighted by molar-refractivity contribution is -0.361. The van der Waals surface area contributed by atoms with Crippen LogP contribution in [0.3, 0.4) is 0 Å². The zero-order chi connectivity index (χ0) is 37.0. The van der Waals surface area contributed by atoms with Crippen molar-refractivity contribution in [3.63, 3.8) is 0 Å². The van der Waals surface area contributed by atoms with Crippen LogP contribution < -0.4 is 0 Å². The third kappa shape index (κ3) is 7.43. The minimum Gasteiger partial charge on any atom is -0.466 e. The molecule has 4 saturated carbocycles. The first-order valence-electron chi connectivity index (χ1n) is 16.4. The second-order valence-corrected chi connectivity index (χ2v) is 16.3. The highest BCUT2D eigenvalue weighted by Crippen LogP contribution is 2.66. The maximum Gasteiger partial charge on any atom is 0.438 e. The molecule has 10 nitrogen and oxygen atoms in total. The monoisotopic (exact) mass is 732 g/mol. The van der Waals surface area contributed by atoms with Gasteiger partial charge in [0.2, 0.25) is 0 Å². The topological polar surface area (TPSA) is 158 Å². The van der Waals surface area contributed by atoms with Gasteiger partial charge in [-0.2, -0.15) is 34.8 Å². The van der Waals surface area contributed by atoms with E-state index in [4.69, 9.17) is 9.29 Å². The lowest BCUT2D eigenvalue weighted by atomic mass is 9.44. The summed E-state index contributed by atoms with van der Waals surface area (Å²) in [5.41, 5.74) is -6.53. The Kier molecular flexibility index (Phi) is 10.8. The molecule has 0 amide bonds. The van der Waals surface area contributed by atoms with E-state index in [1.807, 2.05) is 13.8 Å². The van der Waals surface area contributed by atoms with Crippen LogP contribution in [0.5, 0.6) is 0 Å². The molecular weight excluding hydrogens is 690 g/mol. The van der Waals surface area contributed by atoms with Gasteiger partial charge in [0.25, 0.3) is 10.1 Å². The summed E-state index contributed by atoms with van der Waals surface area (Å²) in [6.07, 6.45) is -10.9. The van der Waals surface area contributed by atoms with Gasteiger partial charge >= 0.3 is 29.9 Å². The molecule has 278 valence electrons. The molecule has 0 spiro atoms. The molecule has 0 bridgehead atoms. The van der Waals surface area contributed by atoms with E-state index in [9.17, 15) is 58.7 Å². The van der Waals surface area contributed by atoms with Crippen LogP contribution in [0.1, 0.15) is 91.4 Å². The van der Waals surface area contributed by atoms with Gasteiger partial charge in [0.1, 0.15) is 23.1 Å². The van der Waals surface area contributed by atoms with E-state index < -0.39 is 70.6 Å². The normalized spacial score (nSPS) is 32.9. The first-order chi connectivity index (χ1) is 22.4. The smallest absolute Gasteiger partial charge is 0.438 e. The Morgan fingerprint density at radius 1 is 0.939 bits per heavy atom. The zero-order valence-electron chi connectivity index (χ0n) is 27.5. The number of hydrogen-bond donors (Lipinski definition) is 1. The van der Waals surface area contributed by atoms with Crippen LogP contribution in [0.25, 0.3) is 0 Å². The third-order valence-electron chi connectivity index (χ3n) is 12.1. The van der Waals surface area contributed by atoms with Gasteiger partial charge < -0.3 is 9.47 Å². The lowest BCUT2D eigenvalue weighted by Gasteiger charge is -2.58. The van der Waals surface area contributed by atoms with Gasteiger partial charge in [0.05, 0.1) is 6.61 Å². The van der Waals surface area contributed by atoms with Crippen LogP contribution in [0.15, 0.2) is 0 Å². The van der Waals surface area contributed by atoms with Crippen molar-refractivity contribution in [3.8, 4) is 0 Å². The molecule has 49 heavy (non-hydrogen) atoms. The Morgan fingerprint density at radius 2 is 1.57 bits per heavy atom. The summed E-state index contributed by atoms with van der Waals surface area (Å²) in [5.74, 6) is -6.30. The van der Waals surface area contributed by atoms with Gasteiger partial charge in [0.15, 0.2) is 0 Å². The summed E-state index contributed by atoms with van der Waals surface area (Å²) < 4.78 is 119. The number of fused-ring (bicyclic) bond motifs is 5. The maximum absolute atomic E-state index is 13.9. The second kappa shape index (κ2) is 13.5. The maximum atomic E-state index is 13.9. The molecule has 4 rings (SSSR count). The summed E-state index contributed by atoms with van der Waals surface area (Å²) in [6.45, 7) is 5.36. The van der Waals surface area contributed by atoms with Crippen molar-refractivity contribution < 1.29 is 72.8 Å². The van der Waals surface area contributed by atoms with E-state index in [1.165, 1.54) is 0 Å². The van der Waals surface area contributed by atoms with Crippen LogP contribution in [-0.4, -0.2) is 72.6 Å². The fraction of sp³-hybridized carbons (Fsp3) is 0.844. The first-order valence-corrected chi connectivity index (χ1v) is 18.0. The number of hydrogen-bond acceptors (Lipinski definition) is 9. The molecule has 0 aromatic carbocycles. The molecule has 4 aliphatic rings. The summed E-state index contributed by atoms with van der Waals surface area (Å²) in [5, 5.41) is 0. The van der Waals surface area contributed by atoms with Crippen molar-refractivity contribution in [2.75, 3.05) is 12.4 Å². The highest BCUT2D eigenvalue weighted by molar-refractivity contribution is 7.85. The predicted molar refractivity (Wildman–Crippen MR) is 157 cm³/mol. The molecule has 0 heterocycles. The number of Topliss-reactive ketones (excluding diaryl/α,β-unsaturated/α-hetero) is 3. The van der Waals surface area contributed by atoms with Crippen LogP contribution in [-0.2, 0) is 43.6 Å². The molecule has 1 N–H and O–H groups in total. The zero-order valence-corrected chi connectivity index (χ0v) is 28.3. The van der Waals surface area contributed by atoms with E-state index in [0.717, 1.165) is 0 Å². The summed E-state index contributed by atoms with van der Waals surface area (Å²) in [6, 6.07) is 0. The summed E-state index contributed by atoms with van der Waals surface area (Å²) in [4.78, 5) is 64.0. The third-order valence-corrected chi connectivity index (χ3v) is 12.9. The number of ketones is 3. The predicted octanol–water partition coefficient (Wildman–Crippen LogP) is 5.61. The van der Waals surface area contributed by atoms with E-state index in [2.05, 4.69) is 11.7 Å². The van der Waals surface area contributed by atoms with Crippen LogP contribution in [0, 0.1) is 46.3 Å². The molecular formula is C32H42F6O10S. The number of rotatable bonds is 11. The van der Waals surface area contributed by atoms with Gasteiger partial charge in [-0.1, -0.05) is 20.8 Å². The second-order valence-electron chi connectivity index (χ2n) is 14.8. The number of halogens is 6. The van der Waals surface area contributed by atoms with E-state index in [1.54, 1.807) is 0 Å². The van der Waals surface area contributed by atoms with Gasteiger partial charge in [-0.05, 0) is 67.1 Å². The summed E-state index contributed by atoms with van der Waals surface area (Å²) >= 11 is 0. The van der Waals surface area contributed by atoms with Gasteiger partial charge in [-0.25, -0.2) is 0 Å². The van der Waals surface area contributed by atoms with Crippen molar-refractivity contribution >= 4 is 39.4 Å². The molecule has 0 aliphatic heterocycles. The Morgan fingerprint density at radius 3 is 2.16 bits per heavy atom. The molecule has 0 aromatic rings. The molecule has 0 aromatic heterocycles. The standard InChI is InChI=1S/C32H42F6O10S/c1-17(6-9-25(42)47-12-4-5-26(43)48-30(31(33,34)35,32(36,37)38)16-49(44,45)46)20-7-8-21-27-22(15-24(41)29(20,21)3)28(2)11-10-19(39)13-18(28)14-23(27)40/h17-18,20-22,27H,4-16H2,1-3H3,(H,44,45,46)/t17-,18+,20-,21+,22+,27+,28+,29-/m1/s1. The van der Waals surface area contributed by atoms with Crippen LogP contribution in [0.4, 0.5) is 26.3 Å². The first kappa shape index (κ1) is 39.2. The van der Waals surface area contributed by atoms with Crippen LogP contribution >= 0.6 is 0 Å². The highest BCUT2D eigenvalue weighted by atomic mass is 32.2. The number of carbonyl (C=O) groups excluding carboxylic acids is 5. The quantitative estimate of drug-likeness (QED) is 0.123. The Balaban J connectivity index is 1.30. The summed E-state index contributed by atoms with van der Waals surface area (Å²) in [7, 11) is -5.91. The van der Waals surface area contributed by atoms with Crippen molar-refractivity contribution in [2.24, 2.45) is 46.3 Å². The average Bonchev–Trinajstić information content (AvgIpc) is 3.31. The minimum atomic E-state index is -6.44. The Labute approximate surface area is 280 Å². The molecule has 4 aliphatic carbocycles. The van der Waals surface area contributed by atoms with Crippen molar-refractivity contribution in [3.05, 3.63) is 0 Å². The van der Waals surface area contributed by atoms with E-state index >= 15 is 0 Å². The Hall–Kier alpha value is -2.56. The molecule has 0 unspecified atom stereocenters. The van der Waals surface area contributed by atoms with E-state index in [-0.39, 0.29) is 71.1 Å². The lowest BCUT2D eigenvalue weighted by Crippen LogP contribution is -2.63. The van der Waals surface area contributed by atoms with Crippen LogP contribution in [0.2, 0.25) is 0 Å². The number of alkyl halides is 6. The molecule has 0 radical (unpaired) electrons. The largest absolute Gasteiger partial charge is 0.466 e. The fourth-order valence-corrected chi connectivity index (χ4v) is 10.3. The number of esters is 2. The molecule has 17 heteroatoms. The Bertz CT molecular complexity index is 1440. The molecule has 8 atom stereocenters. The highest BCUT2D eigenvalue weighted by Gasteiger charge is 2.76. The minimum absolute atomic E-state index is 0.0501. The van der Waals surface area contributed by atoms with Crippen molar-refractivity contribution in [2.45, 2.75) is 109 Å². The van der Waals surface area contributed by atoms with Gasteiger partial charge in [0, 0.05) is 49.9 Å². The molecule has 0 saturated heterocycles. The number of carbonyl (C=O) groups is 5.